The number of hydrogen-bond acceptors (Lipinski definition) is 4. The Labute approximate surface area is 142 Å². The molecule has 0 atom stereocenters. The maximum Gasteiger partial charge on any atom is 0.166 e. The zero-order chi connectivity index (χ0) is 16.4. The number of nitrogen functional groups attached to an aromatic ring is 1. The fourth-order valence-electron chi connectivity index (χ4n) is 2.07. The number of rotatable bonds is 3. The summed E-state index contributed by atoms with van der Waals surface area (Å²) in [4.78, 5) is 8.37. The van der Waals surface area contributed by atoms with E-state index in [9.17, 15) is 4.39 Å². The Balaban J connectivity index is 1.99. The molecule has 1 heterocycles. The molecule has 0 bridgehead atoms. The molecule has 116 valence electrons. The molecule has 0 aliphatic rings. The van der Waals surface area contributed by atoms with E-state index in [0.717, 1.165) is 0 Å². The number of hydrogen-bond donors (Lipinski definition) is 2. The maximum absolute atomic E-state index is 13.9. The van der Waals surface area contributed by atoms with Crippen LogP contribution in [0.2, 0.25) is 10.0 Å². The molecule has 0 spiro atoms. The van der Waals surface area contributed by atoms with Gasteiger partial charge in [0.1, 0.15) is 17.5 Å². The number of aromatic nitrogens is 2. The summed E-state index contributed by atoms with van der Waals surface area (Å²) in [5, 5.41) is 4.00. The molecule has 3 rings (SSSR count). The van der Waals surface area contributed by atoms with Gasteiger partial charge in [-0.15, -0.1) is 0 Å². The lowest BCUT2D eigenvalue weighted by Crippen LogP contribution is -2.02. The third kappa shape index (κ3) is 3.70. The summed E-state index contributed by atoms with van der Waals surface area (Å²) in [6.07, 6.45) is 0. The number of anilines is 3. The minimum atomic E-state index is -0.421. The van der Waals surface area contributed by atoms with Crippen LogP contribution in [0.1, 0.15) is 0 Å². The van der Waals surface area contributed by atoms with Crippen molar-refractivity contribution < 1.29 is 4.39 Å². The van der Waals surface area contributed by atoms with Crippen LogP contribution in [0.25, 0.3) is 11.4 Å². The predicted octanol–water partition coefficient (Wildman–Crippen LogP) is 4.92. The normalized spacial score (nSPS) is 10.6. The summed E-state index contributed by atoms with van der Waals surface area (Å²) in [5.74, 6) is 0.400. The van der Waals surface area contributed by atoms with E-state index < -0.39 is 5.82 Å². The van der Waals surface area contributed by atoms with E-state index in [1.807, 2.05) is 0 Å². The quantitative estimate of drug-likeness (QED) is 0.705. The van der Waals surface area contributed by atoms with Gasteiger partial charge >= 0.3 is 0 Å². The van der Waals surface area contributed by atoms with Crippen molar-refractivity contribution in [3.8, 4) is 11.4 Å². The van der Waals surface area contributed by atoms with Crippen LogP contribution < -0.4 is 11.1 Å². The second kappa shape index (κ2) is 6.40. The molecule has 7 heteroatoms. The minimum Gasteiger partial charge on any atom is -0.384 e. The maximum atomic E-state index is 13.9. The van der Waals surface area contributed by atoms with Crippen molar-refractivity contribution in [2.45, 2.75) is 0 Å². The lowest BCUT2D eigenvalue weighted by Gasteiger charge is -2.09. The van der Waals surface area contributed by atoms with Gasteiger partial charge in [0.15, 0.2) is 5.82 Å². The van der Waals surface area contributed by atoms with E-state index in [1.54, 1.807) is 42.5 Å². The Bertz CT molecular complexity index is 850. The van der Waals surface area contributed by atoms with Gasteiger partial charge in [0.2, 0.25) is 0 Å². The molecule has 2 aromatic carbocycles. The monoisotopic (exact) mass is 348 g/mol. The van der Waals surface area contributed by atoms with Gasteiger partial charge in [-0.05, 0) is 30.3 Å². The Hall–Kier alpha value is -2.37. The first-order chi connectivity index (χ1) is 11.0. The summed E-state index contributed by atoms with van der Waals surface area (Å²) in [7, 11) is 0. The molecular formula is C16H11Cl2FN4. The number of nitrogens with zero attached hydrogens (tertiary/aromatic N) is 2. The molecule has 0 aliphatic heterocycles. The van der Waals surface area contributed by atoms with Gasteiger partial charge in [-0.3, -0.25) is 0 Å². The van der Waals surface area contributed by atoms with Crippen LogP contribution in [0, 0.1) is 5.82 Å². The van der Waals surface area contributed by atoms with Crippen LogP contribution in [-0.2, 0) is 0 Å². The lowest BCUT2D eigenvalue weighted by atomic mass is 10.2. The number of nitrogens with two attached hydrogens (primary N) is 1. The van der Waals surface area contributed by atoms with E-state index >= 15 is 0 Å². The molecule has 3 N–H and O–H groups in total. The smallest absolute Gasteiger partial charge is 0.166 e. The molecule has 0 saturated heterocycles. The van der Waals surface area contributed by atoms with Gasteiger partial charge in [0.05, 0.1) is 5.56 Å². The van der Waals surface area contributed by atoms with Crippen LogP contribution in [0.4, 0.5) is 21.7 Å². The molecule has 1 aromatic heterocycles. The molecule has 0 fully saturated rings. The average molecular weight is 349 g/mol. The standard InChI is InChI=1S/C16H11Cl2FN4/c17-9-5-10(18)7-11(6-9)21-15-8-14(20)22-16(23-15)12-3-1-2-4-13(12)19/h1-8H,(H3,20,21,22,23). The van der Waals surface area contributed by atoms with Gasteiger partial charge < -0.3 is 11.1 Å². The minimum absolute atomic E-state index is 0.193. The number of halogens is 3. The molecule has 4 nitrogen and oxygen atoms in total. The average Bonchev–Trinajstić information content (AvgIpc) is 2.45. The zero-order valence-electron chi connectivity index (χ0n) is 11.7. The van der Waals surface area contributed by atoms with Crippen molar-refractivity contribution in [1.82, 2.24) is 9.97 Å². The van der Waals surface area contributed by atoms with Gasteiger partial charge in [-0.2, -0.15) is 0 Å². The molecule has 0 saturated carbocycles. The Morgan fingerprint density at radius 2 is 1.65 bits per heavy atom. The van der Waals surface area contributed by atoms with Crippen LogP contribution in [-0.4, -0.2) is 9.97 Å². The molecule has 0 radical (unpaired) electrons. The fraction of sp³-hybridized carbons (Fsp3) is 0. The first-order valence-corrected chi connectivity index (χ1v) is 7.39. The lowest BCUT2D eigenvalue weighted by molar-refractivity contribution is 0.630. The first-order valence-electron chi connectivity index (χ1n) is 6.64. The first kappa shape index (κ1) is 15.5. The van der Waals surface area contributed by atoms with E-state index in [1.165, 1.54) is 6.07 Å². The Morgan fingerprint density at radius 3 is 2.35 bits per heavy atom. The van der Waals surface area contributed by atoms with Crippen LogP contribution in [0.15, 0.2) is 48.5 Å². The Morgan fingerprint density at radius 1 is 0.957 bits per heavy atom. The summed E-state index contributed by atoms with van der Waals surface area (Å²) in [6.45, 7) is 0. The van der Waals surface area contributed by atoms with Crippen molar-refractivity contribution in [1.29, 1.82) is 0 Å². The summed E-state index contributed by atoms with van der Waals surface area (Å²) >= 11 is 11.9. The van der Waals surface area contributed by atoms with Gasteiger partial charge in [0, 0.05) is 21.8 Å². The van der Waals surface area contributed by atoms with Crippen molar-refractivity contribution in [2.75, 3.05) is 11.1 Å². The van der Waals surface area contributed by atoms with Gasteiger partial charge in [0.25, 0.3) is 0 Å². The summed E-state index contributed by atoms with van der Waals surface area (Å²) in [6, 6.07) is 12.8. The van der Waals surface area contributed by atoms with Crippen molar-refractivity contribution in [3.05, 3.63) is 64.4 Å². The van der Waals surface area contributed by atoms with Crippen molar-refractivity contribution in [3.63, 3.8) is 0 Å². The van der Waals surface area contributed by atoms with Crippen LogP contribution >= 0.6 is 23.2 Å². The molecule has 0 unspecified atom stereocenters. The van der Waals surface area contributed by atoms with E-state index in [-0.39, 0.29) is 17.2 Å². The third-order valence-corrected chi connectivity index (χ3v) is 3.43. The third-order valence-electron chi connectivity index (χ3n) is 3.00. The number of nitrogens with one attached hydrogen (secondary N) is 1. The SMILES string of the molecule is Nc1cc(Nc2cc(Cl)cc(Cl)c2)nc(-c2ccccc2F)n1. The molecule has 3 aromatic rings. The predicted molar refractivity (Wildman–Crippen MR) is 91.6 cm³/mol. The largest absolute Gasteiger partial charge is 0.384 e. The van der Waals surface area contributed by atoms with Crippen molar-refractivity contribution in [2.24, 2.45) is 0 Å². The topological polar surface area (TPSA) is 63.8 Å². The van der Waals surface area contributed by atoms with Gasteiger partial charge in [-0.1, -0.05) is 35.3 Å². The number of benzene rings is 2. The molecule has 0 aliphatic carbocycles. The highest BCUT2D eigenvalue weighted by molar-refractivity contribution is 6.35. The Kier molecular flexibility index (Phi) is 4.32. The van der Waals surface area contributed by atoms with Crippen LogP contribution in [0.3, 0.4) is 0 Å². The van der Waals surface area contributed by atoms with Crippen LogP contribution in [0.5, 0.6) is 0 Å². The van der Waals surface area contributed by atoms with E-state index in [4.69, 9.17) is 28.9 Å². The van der Waals surface area contributed by atoms with Gasteiger partial charge in [-0.25, -0.2) is 14.4 Å². The highest BCUT2D eigenvalue weighted by Gasteiger charge is 2.10. The molecule has 23 heavy (non-hydrogen) atoms. The van der Waals surface area contributed by atoms with E-state index in [2.05, 4.69) is 15.3 Å². The van der Waals surface area contributed by atoms with E-state index in [0.29, 0.717) is 21.6 Å². The molecule has 0 amide bonds. The second-order valence-electron chi connectivity index (χ2n) is 4.76. The zero-order valence-corrected chi connectivity index (χ0v) is 13.2. The highest BCUT2D eigenvalue weighted by atomic mass is 35.5. The summed E-state index contributed by atoms with van der Waals surface area (Å²) < 4.78 is 13.9. The van der Waals surface area contributed by atoms with Crippen molar-refractivity contribution >= 4 is 40.5 Å². The second-order valence-corrected chi connectivity index (χ2v) is 5.64. The highest BCUT2D eigenvalue weighted by Crippen LogP contribution is 2.27. The fourth-order valence-corrected chi connectivity index (χ4v) is 2.59. The molecular weight excluding hydrogens is 338 g/mol. The summed E-state index contributed by atoms with van der Waals surface area (Å²) in [5.41, 5.74) is 6.70.